The Labute approximate surface area is 135 Å². The molecule has 1 aromatic heterocycles. The Hall–Kier alpha value is -2.15. The van der Waals surface area contributed by atoms with Gasteiger partial charge in [0, 0.05) is 12.6 Å². The number of amides is 1. The molecule has 0 saturated carbocycles. The third-order valence-electron chi connectivity index (χ3n) is 2.86. The number of H-pyrrole nitrogens is 1. The Kier molecular flexibility index (Phi) is 7.31. The van der Waals surface area contributed by atoms with E-state index in [9.17, 15) is 4.79 Å². The molecule has 0 bridgehead atoms. The van der Waals surface area contributed by atoms with Crippen LogP contribution < -0.4 is 15.8 Å². The van der Waals surface area contributed by atoms with Crippen molar-refractivity contribution in [2.45, 2.75) is 13.3 Å². The second kappa shape index (κ2) is 8.99. The zero-order chi connectivity index (χ0) is 16.5. The second-order valence-corrected chi connectivity index (χ2v) is 4.31. The summed E-state index contributed by atoms with van der Waals surface area (Å²) in [6.45, 7) is 2.73. The van der Waals surface area contributed by atoms with E-state index < -0.39 is 0 Å². The molecule has 2 aromatic rings. The number of aromatic nitrogens is 2. The largest absolute Gasteiger partial charge is 0.494 e. The predicted octanol–water partition coefficient (Wildman–Crippen LogP) is 2.35. The highest BCUT2D eigenvalue weighted by molar-refractivity contribution is 7.79. The predicted molar refractivity (Wildman–Crippen MR) is 92.5 cm³/mol. The summed E-state index contributed by atoms with van der Waals surface area (Å²) in [5.41, 5.74) is 7.51. The number of aromatic amines is 1. The normalized spacial score (nSPS) is 9.64. The molecule has 1 amide bonds. The van der Waals surface area contributed by atoms with Crippen LogP contribution in [0.25, 0.3) is 11.3 Å². The standard InChI is InChI=1S/C14H18N4O2.CH4S/c1-3-8-20-10-6-4-9(5-7-10)12-11(14(19)16-2)13(15)18-17-12;1-2/h4-7H,3,8H2,1-2H3,(H,16,19)(H3,15,17,18);2H,1H3. The van der Waals surface area contributed by atoms with Crippen molar-refractivity contribution in [1.29, 1.82) is 0 Å². The molecule has 0 saturated heterocycles. The molecular weight excluding hydrogens is 300 g/mol. The Bertz CT molecular complexity index is 596. The first-order valence-electron chi connectivity index (χ1n) is 6.91. The van der Waals surface area contributed by atoms with Crippen molar-refractivity contribution in [2.75, 3.05) is 25.6 Å². The molecule has 1 aromatic carbocycles. The number of carbonyl (C=O) groups excluding carboxylic acids is 1. The van der Waals surface area contributed by atoms with Gasteiger partial charge in [0.1, 0.15) is 11.3 Å². The van der Waals surface area contributed by atoms with Crippen molar-refractivity contribution < 1.29 is 9.53 Å². The maximum Gasteiger partial charge on any atom is 0.257 e. The summed E-state index contributed by atoms with van der Waals surface area (Å²) >= 11 is 3.53. The zero-order valence-corrected chi connectivity index (χ0v) is 13.9. The third kappa shape index (κ3) is 4.17. The van der Waals surface area contributed by atoms with Crippen LogP contribution in [0.2, 0.25) is 0 Å². The molecule has 120 valence electrons. The van der Waals surface area contributed by atoms with Gasteiger partial charge < -0.3 is 15.8 Å². The molecule has 0 aliphatic rings. The van der Waals surface area contributed by atoms with Crippen LogP contribution in [0.5, 0.6) is 5.75 Å². The van der Waals surface area contributed by atoms with E-state index in [-0.39, 0.29) is 11.7 Å². The first-order valence-corrected chi connectivity index (χ1v) is 7.80. The molecule has 0 atom stereocenters. The second-order valence-electron chi connectivity index (χ2n) is 4.31. The minimum atomic E-state index is -0.266. The summed E-state index contributed by atoms with van der Waals surface area (Å²) in [6.07, 6.45) is 2.65. The van der Waals surface area contributed by atoms with Crippen LogP contribution in [-0.4, -0.2) is 36.0 Å². The van der Waals surface area contributed by atoms with Gasteiger partial charge in [-0.2, -0.15) is 17.7 Å². The van der Waals surface area contributed by atoms with Crippen LogP contribution in [0.15, 0.2) is 24.3 Å². The van der Waals surface area contributed by atoms with E-state index in [0.717, 1.165) is 17.7 Å². The highest BCUT2D eigenvalue weighted by atomic mass is 32.1. The maximum absolute atomic E-state index is 11.8. The van der Waals surface area contributed by atoms with Crippen LogP contribution in [0.1, 0.15) is 23.7 Å². The molecule has 6 nitrogen and oxygen atoms in total. The first-order chi connectivity index (χ1) is 10.7. The number of thiol groups is 1. The number of ether oxygens (including phenoxy) is 1. The van der Waals surface area contributed by atoms with E-state index in [1.54, 1.807) is 13.3 Å². The summed E-state index contributed by atoms with van der Waals surface area (Å²) < 4.78 is 5.52. The third-order valence-corrected chi connectivity index (χ3v) is 2.86. The number of hydrogen-bond donors (Lipinski definition) is 4. The fourth-order valence-electron chi connectivity index (χ4n) is 1.86. The van der Waals surface area contributed by atoms with E-state index in [4.69, 9.17) is 10.5 Å². The SMILES string of the molecule is CCCOc1ccc(-c2[nH]nc(N)c2C(=O)NC)cc1.CS. The van der Waals surface area contributed by atoms with Gasteiger partial charge in [0.2, 0.25) is 0 Å². The topological polar surface area (TPSA) is 93.0 Å². The molecule has 2 rings (SSSR count). The Morgan fingerprint density at radius 1 is 1.36 bits per heavy atom. The summed E-state index contributed by atoms with van der Waals surface area (Å²) in [5, 5.41) is 9.24. The molecule has 0 spiro atoms. The quantitative estimate of drug-likeness (QED) is 0.636. The van der Waals surface area contributed by atoms with E-state index >= 15 is 0 Å². The molecule has 22 heavy (non-hydrogen) atoms. The van der Waals surface area contributed by atoms with Gasteiger partial charge in [-0.05, 0) is 36.9 Å². The first kappa shape index (κ1) is 17.9. The number of nitrogens with one attached hydrogen (secondary N) is 2. The van der Waals surface area contributed by atoms with Crippen LogP contribution in [0.4, 0.5) is 5.82 Å². The lowest BCUT2D eigenvalue weighted by Crippen LogP contribution is -2.19. The maximum atomic E-state index is 11.8. The fraction of sp³-hybridized carbons (Fsp3) is 0.333. The Morgan fingerprint density at radius 3 is 2.55 bits per heavy atom. The molecule has 1 heterocycles. The lowest BCUT2D eigenvalue weighted by Gasteiger charge is -2.06. The van der Waals surface area contributed by atoms with Crippen molar-refractivity contribution >= 4 is 24.4 Å². The van der Waals surface area contributed by atoms with Crippen LogP contribution >= 0.6 is 12.6 Å². The van der Waals surface area contributed by atoms with E-state index in [2.05, 4.69) is 35.1 Å². The van der Waals surface area contributed by atoms with Gasteiger partial charge >= 0.3 is 0 Å². The number of nitrogen functional groups attached to an aromatic ring is 1. The van der Waals surface area contributed by atoms with Gasteiger partial charge in [0.15, 0.2) is 5.82 Å². The number of nitrogens with two attached hydrogens (primary N) is 1. The summed E-state index contributed by atoms with van der Waals surface area (Å²) in [6, 6.07) is 7.44. The average molecular weight is 322 g/mol. The molecule has 0 aliphatic heterocycles. The highest BCUT2D eigenvalue weighted by Crippen LogP contribution is 2.26. The fourth-order valence-corrected chi connectivity index (χ4v) is 1.86. The molecule has 4 N–H and O–H groups in total. The minimum Gasteiger partial charge on any atom is -0.494 e. The number of hydrogen-bond acceptors (Lipinski definition) is 5. The van der Waals surface area contributed by atoms with Crippen molar-refractivity contribution in [2.24, 2.45) is 0 Å². The van der Waals surface area contributed by atoms with E-state index in [0.29, 0.717) is 17.9 Å². The van der Waals surface area contributed by atoms with Gasteiger partial charge in [0.25, 0.3) is 5.91 Å². The average Bonchev–Trinajstić information content (AvgIpc) is 2.96. The molecule has 0 fully saturated rings. The van der Waals surface area contributed by atoms with Crippen molar-refractivity contribution in [3.8, 4) is 17.0 Å². The zero-order valence-electron chi connectivity index (χ0n) is 13.0. The van der Waals surface area contributed by atoms with Crippen LogP contribution in [0.3, 0.4) is 0 Å². The molecule has 0 aliphatic carbocycles. The summed E-state index contributed by atoms with van der Waals surface area (Å²) in [5.74, 6) is 0.716. The van der Waals surface area contributed by atoms with Gasteiger partial charge in [0.05, 0.1) is 12.3 Å². The lowest BCUT2D eigenvalue weighted by molar-refractivity contribution is 0.0964. The molecule has 0 unspecified atom stereocenters. The molecule has 0 radical (unpaired) electrons. The number of nitrogens with zero attached hydrogens (tertiary/aromatic N) is 1. The summed E-state index contributed by atoms with van der Waals surface area (Å²) in [7, 11) is 1.56. The molecule has 7 heteroatoms. The van der Waals surface area contributed by atoms with Crippen molar-refractivity contribution in [3.63, 3.8) is 0 Å². The monoisotopic (exact) mass is 322 g/mol. The van der Waals surface area contributed by atoms with Gasteiger partial charge in [-0.15, -0.1) is 0 Å². The van der Waals surface area contributed by atoms with Gasteiger partial charge in [-0.1, -0.05) is 6.92 Å². The van der Waals surface area contributed by atoms with Crippen molar-refractivity contribution in [3.05, 3.63) is 29.8 Å². The van der Waals surface area contributed by atoms with E-state index in [1.807, 2.05) is 24.3 Å². The number of carbonyl (C=O) groups is 1. The van der Waals surface area contributed by atoms with Crippen molar-refractivity contribution in [1.82, 2.24) is 15.5 Å². The van der Waals surface area contributed by atoms with Gasteiger partial charge in [-0.3, -0.25) is 9.89 Å². The highest BCUT2D eigenvalue weighted by Gasteiger charge is 2.18. The number of rotatable bonds is 5. The van der Waals surface area contributed by atoms with E-state index in [1.165, 1.54) is 0 Å². The van der Waals surface area contributed by atoms with Crippen LogP contribution in [-0.2, 0) is 0 Å². The Balaban J connectivity index is 0.00000116. The lowest BCUT2D eigenvalue weighted by atomic mass is 10.1. The number of anilines is 1. The Morgan fingerprint density at radius 2 is 2.00 bits per heavy atom. The number of benzene rings is 1. The van der Waals surface area contributed by atoms with Crippen LogP contribution in [0, 0.1) is 0 Å². The molecular formula is C15H22N4O2S. The van der Waals surface area contributed by atoms with Gasteiger partial charge in [-0.25, -0.2) is 0 Å². The minimum absolute atomic E-state index is 0.186. The summed E-state index contributed by atoms with van der Waals surface area (Å²) in [4.78, 5) is 11.8. The smallest absolute Gasteiger partial charge is 0.257 e.